The Labute approximate surface area is 279 Å². The van der Waals surface area contributed by atoms with Crippen molar-refractivity contribution in [3.63, 3.8) is 0 Å². The number of hydrogen-bond donors (Lipinski definition) is 5. The van der Waals surface area contributed by atoms with Gasteiger partial charge in [-0.25, -0.2) is 0 Å². The van der Waals surface area contributed by atoms with Crippen LogP contribution in [0.15, 0.2) is 51.2 Å². The Morgan fingerprint density at radius 2 is 1.77 bits per heavy atom. The standard InChI is InChI=1S/C35H46N2O11/c1-20(2)5-10-24-26(45-18-17-44-16-15-37-13-11-36-12-14-37)19-25(38)27-29(40)34(48-35-31(42)30(41)28(39)21(3)46-35)32(47-33(24)27)22-6-8-23(43-4)9-7-22/h5-9,19,21,28,30-31,35-36,38-39,41-42H,10-18H2,1-4H3/t21-,28-,30+,31+,35-/m1/s1. The number of aromatic hydroxyl groups is 1. The largest absolute Gasteiger partial charge is 0.507 e. The minimum Gasteiger partial charge on any atom is -0.507 e. The summed E-state index contributed by atoms with van der Waals surface area (Å²) in [7, 11) is 1.53. The van der Waals surface area contributed by atoms with Crippen molar-refractivity contribution in [3.05, 3.63) is 57.8 Å². The highest BCUT2D eigenvalue weighted by atomic mass is 16.7. The predicted molar refractivity (Wildman–Crippen MR) is 178 cm³/mol. The molecule has 0 spiro atoms. The van der Waals surface area contributed by atoms with Crippen molar-refractivity contribution in [3.8, 4) is 34.3 Å². The maximum absolute atomic E-state index is 14.2. The molecule has 2 fully saturated rings. The lowest BCUT2D eigenvalue weighted by atomic mass is 10.00. The van der Waals surface area contributed by atoms with Gasteiger partial charge in [-0.05, 0) is 51.5 Å². The topological polar surface area (TPSA) is 173 Å². The van der Waals surface area contributed by atoms with Crippen LogP contribution >= 0.6 is 0 Å². The molecule has 48 heavy (non-hydrogen) atoms. The predicted octanol–water partition coefficient (Wildman–Crippen LogP) is 2.19. The molecule has 0 amide bonds. The van der Waals surface area contributed by atoms with Crippen molar-refractivity contribution in [2.75, 3.05) is 59.7 Å². The number of aliphatic hydroxyl groups is 3. The van der Waals surface area contributed by atoms with Crippen LogP contribution in [0, 0.1) is 0 Å². The summed E-state index contributed by atoms with van der Waals surface area (Å²) in [6.45, 7) is 11.2. The Kier molecular flexibility index (Phi) is 12.0. The maximum Gasteiger partial charge on any atom is 0.239 e. The first-order chi connectivity index (χ1) is 23.1. The van der Waals surface area contributed by atoms with E-state index < -0.39 is 41.9 Å². The van der Waals surface area contributed by atoms with Gasteiger partial charge in [0.1, 0.15) is 53.1 Å². The highest BCUT2D eigenvalue weighted by Gasteiger charge is 2.44. The molecular weight excluding hydrogens is 624 g/mol. The van der Waals surface area contributed by atoms with E-state index in [1.807, 2.05) is 19.9 Å². The van der Waals surface area contributed by atoms with Crippen molar-refractivity contribution in [2.45, 2.75) is 57.9 Å². The molecule has 3 aromatic rings. The number of nitrogens with one attached hydrogen (secondary N) is 1. The molecule has 5 N–H and O–H groups in total. The number of piperazine rings is 1. The Hall–Kier alpha value is -3.69. The molecule has 13 nitrogen and oxygen atoms in total. The van der Waals surface area contributed by atoms with Crippen LogP contribution in [0.1, 0.15) is 26.3 Å². The Balaban J connectivity index is 1.52. The third-order valence-corrected chi connectivity index (χ3v) is 8.52. The third-order valence-electron chi connectivity index (χ3n) is 8.52. The SMILES string of the molecule is COc1ccc(-c2oc3c(CC=C(C)C)c(OCCOCCN4CCNCC4)cc(O)c3c(=O)c2O[C@H]2O[C@H](C)[C@@H](O)[C@H](O)[C@@H]2O)cc1. The Bertz CT molecular complexity index is 1610. The van der Waals surface area contributed by atoms with Crippen LogP contribution in [0.5, 0.6) is 23.0 Å². The van der Waals surface area contributed by atoms with E-state index in [-0.39, 0.29) is 29.1 Å². The van der Waals surface area contributed by atoms with Crippen molar-refractivity contribution in [1.29, 1.82) is 0 Å². The van der Waals surface area contributed by atoms with Gasteiger partial charge in [0, 0.05) is 49.9 Å². The molecule has 1 aromatic heterocycles. The van der Waals surface area contributed by atoms with Crippen molar-refractivity contribution < 1.29 is 48.5 Å². The molecule has 0 bridgehead atoms. The molecule has 2 saturated heterocycles. The molecule has 5 rings (SSSR count). The molecule has 2 aliphatic heterocycles. The second-order valence-electron chi connectivity index (χ2n) is 12.2. The highest BCUT2D eigenvalue weighted by molar-refractivity contribution is 5.91. The zero-order chi connectivity index (χ0) is 34.4. The summed E-state index contributed by atoms with van der Waals surface area (Å²) >= 11 is 0. The molecule has 13 heteroatoms. The van der Waals surface area contributed by atoms with E-state index in [1.165, 1.54) is 20.1 Å². The van der Waals surface area contributed by atoms with Gasteiger partial charge in [0.05, 0.1) is 26.4 Å². The van der Waals surface area contributed by atoms with Crippen LogP contribution in [0.3, 0.4) is 0 Å². The lowest BCUT2D eigenvalue weighted by Crippen LogP contribution is -2.58. The van der Waals surface area contributed by atoms with E-state index in [9.17, 15) is 25.2 Å². The molecule has 5 atom stereocenters. The van der Waals surface area contributed by atoms with Gasteiger partial charge in [-0.1, -0.05) is 11.6 Å². The number of aliphatic hydroxyl groups excluding tert-OH is 3. The number of nitrogens with zero attached hydrogens (tertiary/aromatic N) is 1. The number of hydrogen-bond acceptors (Lipinski definition) is 13. The van der Waals surface area contributed by atoms with Crippen LogP contribution in [0.4, 0.5) is 0 Å². The second-order valence-corrected chi connectivity index (χ2v) is 12.2. The number of allylic oxidation sites excluding steroid dienone is 2. The van der Waals surface area contributed by atoms with E-state index in [0.717, 1.165) is 38.3 Å². The van der Waals surface area contributed by atoms with Crippen LogP contribution in [-0.2, 0) is 15.9 Å². The van der Waals surface area contributed by atoms with Gasteiger partial charge < -0.3 is 53.8 Å². The minimum atomic E-state index is -1.69. The fourth-order valence-electron chi connectivity index (χ4n) is 5.70. The normalized spacial score (nSPS) is 23.2. The van der Waals surface area contributed by atoms with Crippen LogP contribution < -0.4 is 25.0 Å². The number of phenols is 1. The number of phenolic OH excluding ortho intramolecular Hbond substituents is 1. The first-order valence-electron chi connectivity index (χ1n) is 16.2. The van der Waals surface area contributed by atoms with E-state index in [4.69, 9.17) is 28.1 Å². The number of rotatable bonds is 13. The smallest absolute Gasteiger partial charge is 0.239 e. The van der Waals surface area contributed by atoms with Crippen molar-refractivity contribution in [2.24, 2.45) is 0 Å². The quantitative estimate of drug-likeness (QED) is 0.133. The first-order valence-corrected chi connectivity index (χ1v) is 16.2. The number of fused-ring (bicyclic) bond motifs is 1. The van der Waals surface area contributed by atoms with Gasteiger partial charge in [0.15, 0.2) is 5.76 Å². The fourth-order valence-corrected chi connectivity index (χ4v) is 5.70. The summed E-state index contributed by atoms with van der Waals surface area (Å²) < 4.78 is 35.3. The van der Waals surface area contributed by atoms with Gasteiger partial charge >= 0.3 is 0 Å². The van der Waals surface area contributed by atoms with E-state index in [1.54, 1.807) is 24.3 Å². The molecule has 262 valence electrons. The zero-order valence-electron chi connectivity index (χ0n) is 27.8. The summed E-state index contributed by atoms with van der Waals surface area (Å²) in [5.41, 5.74) is 1.35. The van der Waals surface area contributed by atoms with Gasteiger partial charge in [-0.2, -0.15) is 0 Å². The van der Waals surface area contributed by atoms with Crippen LogP contribution in [0.2, 0.25) is 0 Å². The summed E-state index contributed by atoms with van der Waals surface area (Å²) in [6, 6.07) is 8.08. The lowest BCUT2D eigenvalue weighted by Gasteiger charge is -2.38. The van der Waals surface area contributed by atoms with Crippen LogP contribution in [0.25, 0.3) is 22.3 Å². The summed E-state index contributed by atoms with van der Waals surface area (Å²) in [5.74, 6) is 0.133. The average Bonchev–Trinajstić information content (AvgIpc) is 3.08. The van der Waals surface area contributed by atoms with Crippen LogP contribution in [-0.4, -0.2) is 116 Å². The molecule has 0 aliphatic carbocycles. The summed E-state index contributed by atoms with van der Waals surface area (Å²) in [4.78, 5) is 16.6. The monoisotopic (exact) mass is 670 g/mol. The molecule has 0 saturated carbocycles. The minimum absolute atomic E-state index is 0.00883. The van der Waals surface area contributed by atoms with E-state index in [0.29, 0.717) is 42.3 Å². The fraction of sp³-hybridized carbons (Fsp3) is 0.514. The molecule has 2 aliphatic rings. The number of benzene rings is 2. The number of methoxy groups -OCH3 is 1. The molecule has 0 unspecified atom stereocenters. The average molecular weight is 671 g/mol. The van der Waals surface area contributed by atoms with E-state index >= 15 is 0 Å². The van der Waals surface area contributed by atoms with Gasteiger partial charge in [-0.15, -0.1) is 0 Å². The Morgan fingerprint density at radius 3 is 2.46 bits per heavy atom. The molecule has 2 aromatic carbocycles. The summed E-state index contributed by atoms with van der Waals surface area (Å²) in [5, 5.41) is 45.7. The zero-order valence-corrected chi connectivity index (χ0v) is 27.8. The van der Waals surface area contributed by atoms with Gasteiger partial charge in [0.2, 0.25) is 17.5 Å². The Morgan fingerprint density at radius 1 is 1.04 bits per heavy atom. The second kappa shape index (κ2) is 16.1. The molecule has 3 heterocycles. The number of ether oxygens (including phenoxy) is 5. The first kappa shape index (κ1) is 35.6. The van der Waals surface area contributed by atoms with Crippen molar-refractivity contribution >= 4 is 11.0 Å². The maximum atomic E-state index is 14.2. The highest BCUT2D eigenvalue weighted by Crippen LogP contribution is 2.40. The molecular formula is C35H46N2O11. The van der Waals surface area contributed by atoms with E-state index in [2.05, 4.69) is 10.2 Å². The third kappa shape index (κ3) is 8.12. The lowest BCUT2D eigenvalue weighted by molar-refractivity contribution is -0.268. The van der Waals surface area contributed by atoms with Crippen molar-refractivity contribution in [1.82, 2.24) is 10.2 Å². The van der Waals surface area contributed by atoms with Gasteiger partial charge in [-0.3, -0.25) is 9.69 Å². The van der Waals surface area contributed by atoms with Gasteiger partial charge in [0.25, 0.3) is 0 Å². The molecule has 0 radical (unpaired) electrons. The summed E-state index contributed by atoms with van der Waals surface area (Å²) in [6.07, 6.45) is -4.81.